The number of nitrogens with zero attached hydrogens (tertiary/aromatic N) is 3. The Morgan fingerprint density at radius 3 is 2.19 bits per heavy atom. The maximum absolute atomic E-state index is 13.6. The van der Waals surface area contributed by atoms with E-state index in [4.69, 9.17) is 0 Å². The van der Waals surface area contributed by atoms with E-state index < -0.39 is 0 Å². The monoisotopic (exact) mass is 475 g/mol. The predicted octanol–water partition coefficient (Wildman–Crippen LogP) is 7.37. The molecule has 36 heavy (non-hydrogen) atoms. The van der Waals surface area contributed by atoms with Crippen LogP contribution in [0.5, 0.6) is 0 Å². The Labute approximate surface area is 212 Å². The normalized spacial score (nSPS) is 12.1. The van der Waals surface area contributed by atoms with Crippen LogP contribution in [-0.4, -0.2) is 27.5 Å². The van der Waals surface area contributed by atoms with Crippen molar-refractivity contribution in [1.82, 2.24) is 14.5 Å². The molecule has 0 saturated carbocycles. The van der Waals surface area contributed by atoms with Gasteiger partial charge < -0.3 is 4.57 Å². The van der Waals surface area contributed by atoms with Gasteiger partial charge in [0.2, 0.25) is 0 Å². The van der Waals surface area contributed by atoms with Gasteiger partial charge in [-0.2, -0.15) is 0 Å². The number of aromatic nitrogens is 2. The number of benzene rings is 3. The fraction of sp³-hybridized carbons (Fsp3) is 0.156. The Morgan fingerprint density at radius 2 is 1.53 bits per heavy atom. The third-order valence-electron chi connectivity index (χ3n) is 6.75. The molecule has 0 unspecified atom stereocenters. The molecule has 0 saturated heterocycles. The van der Waals surface area contributed by atoms with Gasteiger partial charge in [-0.25, -0.2) is 9.37 Å². The van der Waals surface area contributed by atoms with Gasteiger partial charge in [-0.05, 0) is 59.5 Å². The van der Waals surface area contributed by atoms with Gasteiger partial charge in [0.05, 0.1) is 0 Å². The first-order chi connectivity index (χ1) is 17.7. The second-order valence-corrected chi connectivity index (χ2v) is 9.00. The summed E-state index contributed by atoms with van der Waals surface area (Å²) >= 11 is 0. The molecule has 0 spiro atoms. The number of hydrogen-bond donors (Lipinski definition) is 0. The van der Waals surface area contributed by atoms with Crippen molar-refractivity contribution in [2.24, 2.45) is 0 Å². The number of halogens is 1. The number of pyridine rings is 1. The van der Waals surface area contributed by atoms with Crippen molar-refractivity contribution in [3.8, 4) is 0 Å². The van der Waals surface area contributed by atoms with Gasteiger partial charge in [0.25, 0.3) is 0 Å². The summed E-state index contributed by atoms with van der Waals surface area (Å²) < 4.78 is 15.8. The first-order valence-electron chi connectivity index (χ1n) is 12.4. The van der Waals surface area contributed by atoms with Crippen LogP contribution in [0.4, 0.5) is 4.39 Å². The lowest BCUT2D eigenvalue weighted by Gasteiger charge is -2.29. The molecular weight excluding hydrogens is 445 g/mol. The molecule has 2 heterocycles. The lowest BCUT2D eigenvalue weighted by Crippen LogP contribution is -2.31. The SMILES string of the molecule is C[C@H](c1ccc(F)cc1)N(CC=C(c1ccccc1)c1ccccc1)CCn1ccc2cccnc21. The van der Waals surface area contributed by atoms with E-state index in [-0.39, 0.29) is 11.9 Å². The van der Waals surface area contributed by atoms with E-state index in [2.05, 4.69) is 94.3 Å². The molecule has 3 aromatic carbocycles. The molecule has 0 N–H and O–H groups in total. The van der Waals surface area contributed by atoms with Gasteiger partial charge >= 0.3 is 0 Å². The summed E-state index contributed by atoms with van der Waals surface area (Å²) in [5, 5.41) is 1.14. The smallest absolute Gasteiger partial charge is 0.139 e. The number of fused-ring (bicyclic) bond motifs is 1. The highest BCUT2D eigenvalue weighted by atomic mass is 19.1. The van der Waals surface area contributed by atoms with Crippen molar-refractivity contribution in [2.75, 3.05) is 13.1 Å². The van der Waals surface area contributed by atoms with E-state index in [1.165, 1.54) is 16.7 Å². The van der Waals surface area contributed by atoms with Gasteiger partial charge in [-0.1, -0.05) is 78.9 Å². The zero-order valence-corrected chi connectivity index (χ0v) is 20.5. The van der Waals surface area contributed by atoms with Crippen molar-refractivity contribution >= 4 is 16.6 Å². The van der Waals surface area contributed by atoms with Crippen LogP contribution in [0.1, 0.15) is 29.7 Å². The van der Waals surface area contributed by atoms with Crippen molar-refractivity contribution < 1.29 is 4.39 Å². The third kappa shape index (κ3) is 5.45. The highest BCUT2D eigenvalue weighted by molar-refractivity contribution is 5.79. The summed E-state index contributed by atoms with van der Waals surface area (Å²) in [5.41, 5.74) is 5.69. The van der Waals surface area contributed by atoms with Crippen LogP contribution in [0.3, 0.4) is 0 Å². The molecular formula is C32H30FN3. The van der Waals surface area contributed by atoms with Crippen LogP contribution in [0.25, 0.3) is 16.6 Å². The lowest BCUT2D eigenvalue weighted by molar-refractivity contribution is 0.225. The van der Waals surface area contributed by atoms with Gasteiger partial charge in [0.1, 0.15) is 11.5 Å². The maximum Gasteiger partial charge on any atom is 0.139 e. The molecule has 0 aliphatic rings. The molecule has 2 aromatic heterocycles. The van der Waals surface area contributed by atoms with E-state index in [9.17, 15) is 4.39 Å². The summed E-state index contributed by atoms with van der Waals surface area (Å²) in [6, 6.07) is 34.2. The number of hydrogen-bond acceptors (Lipinski definition) is 2. The first-order valence-corrected chi connectivity index (χ1v) is 12.4. The minimum atomic E-state index is -0.210. The largest absolute Gasteiger partial charge is 0.331 e. The Kier molecular flexibility index (Phi) is 7.34. The molecule has 0 radical (unpaired) electrons. The molecule has 0 fully saturated rings. The maximum atomic E-state index is 13.6. The van der Waals surface area contributed by atoms with E-state index in [1.807, 2.05) is 36.5 Å². The van der Waals surface area contributed by atoms with Crippen molar-refractivity contribution in [3.63, 3.8) is 0 Å². The quantitative estimate of drug-likeness (QED) is 0.222. The molecule has 0 amide bonds. The average Bonchev–Trinajstić information content (AvgIpc) is 3.35. The second-order valence-electron chi connectivity index (χ2n) is 9.00. The van der Waals surface area contributed by atoms with Crippen LogP contribution in [0.15, 0.2) is 122 Å². The highest BCUT2D eigenvalue weighted by Gasteiger charge is 2.17. The van der Waals surface area contributed by atoms with Crippen molar-refractivity contribution in [1.29, 1.82) is 0 Å². The first kappa shape index (κ1) is 23.7. The van der Waals surface area contributed by atoms with Gasteiger partial charge in [0, 0.05) is 43.5 Å². The molecule has 0 aliphatic carbocycles. The molecule has 1 atom stereocenters. The van der Waals surface area contributed by atoms with Crippen LogP contribution in [0.2, 0.25) is 0 Å². The Bertz CT molecular complexity index is 1380. The topological polar surface area (TPSA) is 21.1 Å². The molecule has 0 bridgehead atoms. The standard InChI is InChI=1S/C32H30FN3/c1-25(26-14-16-30(33)17-15-26)35(23-24-36-21-18-29-13-8-20-34-32(29)36)22-19-31(27-9-4-2-5-10-27)28-11-6-3-7-12-28/h2-21,25H,22-24H2,1H3/t25-/m1/s1. The van der Waals surface area contributed by atoms with E-state index >= 15 is 0 Å². The van der Waals surface area contributed by atoms with Crippen molar-refractivity contribution in [3.05, 3.63) is 144 Å². The van der Waals surface area contributed by atoms with Crippen LogP contribution in [0, 0.1) is 5.82 Å². The summed E-state index contributed by atoms with van der Waals surface area (Å²) in [6.45, 7) is 4.58. The van der Waals surface area contributed by atoms with Gasteiger partial charge in [-0.3, -0.25) is 4.90 Å². The third-order valence-corrected chi connectivity index (χ3v) is 6.75. The minimum absolute atomic E-state index is 0.115. The Balaban J connectivity index is 1.45. The molecule has 3 nitrogen and oxygen atoms in total. The van der Waals surface area contributed by atoms with E-state index in [1.54, 1.807) is 12.1 Å². The molecule has 5 rings (SSSR count). The average molecular weight is 476 g/mol. The Morgan fingerprint density at radius 1 is 0.861 bits per heavy atom. The Hall–Kier alpha value is -4.02. The van der Waals surface area contributed by atoms with Crippen molar-refractivity contribution in [2.45, 2.75) is 19.5 Å². The fourth-order valence-electron chi connectivity index (χ4n) is 4.68. The predicted molar refractivity (Wildman–Crippen MR) is 146 cm³/mol. The summed E-state index contributed by atoms with van der Waals surface area (Å²) in [6.07, 6.45) is 6.26. The molecule has 4 heteroatoms. The summed E-state index contributed by atoms with van der Waals surface area (Å²) in [5.74, 6) is -0.210. The van der Waals surface area contributed by atoms with Gasteiger partial charge in [-0.15, -0.1) is 0 Å². The van der Waals surface area contributed by atoms with Gasteiger partial charge in [0.15, 0.2) is 0 Å². The van der Waals surface area contributed by atoms with E-state index in [0.717, 1.165) is 36.2 Å². The van der Waals surface area contributed by atoms with E-state index in [0.29, 0.717) is 0 Å². The minimum Gasteiger partial charge on any atom is -0.331 e. The zero-order valence-electron chi connectivity index (χ0n) is 20.5. The second kappa shape index (κ2) is 11.1. The van der Waals surface area contributed by atoms with Crippen LogP contribution >= 0.6 is 0 Å². The highest BCUT2D eigenvalue weighted by Crippen LogP contribution is 2.26. The molecule has 180 valence electrons. The molecule has 0 aliphatic heterocycles. The van der Waals surface area contributed by atoms with Crippen LogP contribution in [-0.2, 0) is 6.54 Å². The number of rotatable bonds is 9. The fourth-order valence-corrected chi connectivity index (χ4v) is 4.68. The van der Waals surface area contributed by atoms with Crippen LogP contribution < -0.4 is 0 Å². The lowest BCUT2D eigenvalue weighted by atomic mass is 9.97. The zero-order chi connectivity index (χ0) is 24.7. The molecule has 5 aromatic rings. The summed E-state index contributed by atoms with van der Waals surface area (Å²) in [7, 11) is 0. The summed E-state index contributed by atoms with van der Waals surface area (Å²) in [4.78, 5) is 7.01.